The number of hydrogen-bond donors (Lipinski definition) is 1. The van der Waals surface area contributed by atoms with Crippen molar-refractivity contribution in [1.82, 2.24) is 9.88 Å². The summed E-state index contributed by atoms with van der Waals surface area (Å²) in [6, 6.07) is 8.06. The first-order valence-electron chi connectivity index (χ1n) is 7.95. The highest BCUT2D eigenvalue weighted by Crippen LogP contribution is 2.27. The summed E-state index contributed by atoms with van der Waals surface area (Å²) >= 11 is 1.57. The molecule has 0 saturated heterocycles. The van der Waals surface area contributed by atoms with Crippen molar-refractivity contribution in [3.8, 4) is 0 Å². The Labute approximate surface area is 146 Å². The first-order valence-corrected chi connectivity index (χ1v) is 8.76. The van der Waals surface area contributed by atoms with Gasteiger partial charge in [0, 0.05) is 50.2 Å². The maximum absolute atomic E-state index is 12.1. The molecule has 0 aliphatic carbocycles. The molecule has 2 heterocycles. The quantitative estimate of drug-likeness (QED) is 0.868. The van der Waals surface area contributed by atoms with Crippen LogP contribution in [0.5, 0.6) is 0 Å². The molecule has 5 nitrogen and oxygen atoms in total. The number of nitrogens with zero attached hydrogens (tertiary/aromatic N) is 3. The summed E-state index contributed by atoms with van der Waals surface area (Å²) in [4.78, 5) is 22.2. The Morgan fingerprint density at radius 3 is 2.79 bits per heavy atom. The van der Waals surface area contributed by atoms with Crippen molar-refractivity contribution in [2.45, 2.75) is 13.0 Å². The molecule has 0 fully saturated rings. The van der Waals surface area contributed by atoms with Gasteiger partial charge in [-0.15, -0.1) is 11.3 Å². The fourth-order valence-electron chi connectivity index (χ4n) is 2.58. The highest BCUT2D eigenvalue weighted by molar-refractivity contribution is 7.15. The van der Waals surface area contributed by atoms with Crippen LogP contribution in [0.3, 0.4) is 0 Å². The number of carbonyl (C=O) groups excluding carboxylic acids is 1. The number of carbonyl (C=O) groups is 1. The molecule has 1 amide bonds. The molecule has 3 rings (SSSR count). The molecule has 1 aromatic heterocycles. The Kier molecular flexibility index (Phi) is 4.97. The van der Waals surface area contributed by atoms with Crippen molar-refractivity contribution in [3.63, 3.8) is 0 Å². The van der Waals surface area contributed by atoms with Gasteiger partial charge in [0.05, 0.1) is 5.69 Å². The second-order valence-corrected chi connectivity index (χ2v) is 7.27. The van der Waals surface area contributed by atoms with Crippen LogP contribution in [0.4, 0.5) is 10.8 Å². The van der Waals surface area contributed by atoms with Gasteiger partial charge in [-0.2, -0.15) is 0 Å². The number of amides is 1. The third kappa shape index (κ3) is 4.01. The monoisotopic (exact) mass is 342 g/mol. The lowest BCUT2D eigenvalue weighted by Gasteiger charge is -2.20. The molecule has 0 bridgehead atoms. The van der Waals surface area contributed by atoms with Crippen LogP contribution in [-0.4, -0.2) is 43.5 Å². The number of hydrogen-bond acceptors (Lipinski definition) is 5. The van der Waals surface area contributed by atoms with Crippen molar-refractivity contribution in [1.29, 1.82) is 0 Å². The van der Waals surface area contributed by atoms with Gasteiger partial charge in [-0.3, -0.25) is 10.1 Å². The van der Waals surface area contributed by atoms with Crippen molar-refractivity contribution in [3.05, 3.63) is 46.5 Å². The summed E-state index contributed by atoms with van der Waals surface area (Å²) in [6.07, 6.45) is 4.32. The van der Waals surface area contributed by atoms with E-state index in [1.807, 2.05) is 49.3 Å². The predicted octanol–water partition coefficient (Wildman–Crippen LogP) is 2.85. The zero-order valence-electron chi connectivity index (χ0n) is 14.2. The van der Waals surface area contributed by atoms with Crippen LogP contribution in [0.25, 0.3) is 6.08 Å². The molecule has 0 saturated carbocycles. The summed E-state index contributed by atoms with van der Waals surface area (Å²) < 4.78 is 0. The van der Waals surface area contributed by atoms with E-state index in [-0.39, 0.29) is 5.91 Å². The van der Waals surface area contributed by atoms with E-state index < -0.39 is 0 Å². The number of nitrogens with one attached hydrogen (secondary N) is 1. The summed E-state index contributed by atoms with van der Waals surface area (Å²) in [7, 11) is 6.11. The van der Waals surface area contributed by atoms with E-state index >= 15 is 0 Å². The summed E-state index contributed by atoms with van der Waals surface area (Å²) in [6.45, 7) is 1.93. The van der Waals surface area contributed by atoms with Crippen LogP contribution in [-0.2, 0) is 17.8 Å². The highest BCUT2D eigenvalue weighted by Gasteiger charge is 2.18. The third-order valence-electron chi connectivity index (χ3n) is 3.99. The van der Waals surface area contributed by atoms with Crippen LogP contribution in [0.1, 0.15) is 16.1 Å². The van der Waals surface area contributed by atoms with Crippen LogP contribution in [0.2, 0.25) is 0 Å². The third-order valence-corrected chi connectivity index (χ3v) is 4.99. The topological polar surface area (TPSA) is 48.5 Å². The van der Waals surface area contributed by atoms with Crippen LogP contribution in [0, 0.1) is 0 Å². The highest BCUT2D eigenvalue weighted by atomic mass is 32.1. The van der Waals surface area contributed by atoms with Gasteiger partial charge in [-0.05, 0) is 30.8 Å². The second-order valence-electron chi connectivity index (χ2n) is 6.19. The van der Waals surface area contributed by atoms with Crippen molar-refractivity contribution in [2.24, 2.45) is 0 Å². The Bertz CT molecular complexity index is 749. The minimum absolute atomic E-state index is 0.147. The van der Waals surface area contributed by atoms with Crippen LogP contribution < -0.4 is 10.2 Å². The molecule has 0 radical (unpaired) electrons. The minimum atomic E-state index is -0.147. The first kappa shape index (κ1) is 16.7. The minimum Gasteiger partial charge on any atom is -0.378 e. The lowest BCUT2D eigenvalue weighted by Crippen LogP contribution is -2.25. The molecule has 1 aliphatic rings. The zero-order chi connectivity index (χ0) is 17.1. The fourth-order valence-corrected chi connectivity index (χ4v) is 3.67. The molecule has 24 heavy (non-hydrogen) atoms. The van der Waals surface area contributed by atoms with Crippen molar-refractivity contribution < 1.29 is 4.79 Å². The zero-order valence-corrected chi connectivity index (χ0v) is 15.1. The predicted molar refractivity (Wildman–Crippen MR) is 101 cm³/mol. The molecule has 6 heteroatoms. The van der Waals surface area contributed by atoms with E-state index in [0.717, 1.165) is 36.5 Å². The molecule has 1 aliphatic heterocycles. The standard InChI is InChI=1S/C18H22N4OS/c1-21(2)14-7-4-13(5-8-14)6-9-17(23)20-18-19-15-10-11-22(3)12-16(15)24-18/h4-9H,10-12H2,1-3H3,(H,19,20,23)/b9-6+. The van der Waals surface area contributed by atoms with Crippen molar-refractivity contribution in [2.75, 3.05) is 37.9 Å². The maximum atomic E-state index is 12.1. The van der Waals surface area contributed by atoms with Gasteiger partial charge in [0.25, 0.3) is 0 Å². The van der Waals surface area contributed by atoms with Gasteiger partial charge < -0.3 is 9.80 Å². The van der Waals surface area contributed by atoms with Crippen molar-refractivity contribution >= 4 is 34.1 Å². The molecule has 126 valence electrons. The summed E-state index contributed by atoms with van der Waals surface area (Å²) in [5.74, 6) is -0.147. The SMILES string of the molecule is CN1CCc2nc(NC(=O)/C=C/c3ccc(N(C)C)cc3)sc2C1. The molecule has 0 spiro atoms. The molecule has 1 N–H and O–H groups in total. The van der Waals surface area contributed by atoms with Gasteiger partial charge >= 0.3 is 0 Å². The lowest BCUT2D eigenvalue weighted by atomic mass is 10.2. The van der Waals surface area contributed by atoms with Crippen LogP contribution in [0.15, 0.2) is 30.3 Å². The number of aromatic nitrogens is 1. The Balaban J connectivity index is 1.61. The number of anilines is 2. The number of rotatable bonds is 4. The number of thiazole rings is 1. The largest absolute Gasteiger partial charge is 0.378 e. The Morgan fingerprint density at radius 2 is 2.08 bits per heavy atom. The van der Waals surface area contributed by atoms with Crippen LogP contribution >= 0.6 is 11.3 Å². The van der Waals surface area contributed by atoms with Gasteiger partial charge in [-0.25, -0.2) is 4.98 Å². The van der Waals surface area contributed by atoms with Gasteiger partial charge in [-0.1, -0.05) is 12.1 Å². The van der Waals surface area contributed by atoms with E-state index in [1.165, 1.54) is 4.88 Å². The fraction of sp³-hybridized carbons (Fsp3) is 0.333. The number of likely N-dealkylation sites (N-methyl/N-ethyl adjacent to an activating group) is 1. The molecule has 2 aromatic rings. The Hall–Kier alpha value is -2.18. The smallest absolute Gasteiger partial charge is 0.250 e. The van der Waals surface area contributed by atoms with E-state index in [4.69, 9.17) is 0 Å². The van der Waals surface area contributed by atoms with Gasteiger partial charge in [0.2, 0.25) is 5.91 Å². The maximum Gasteiger partial charge on any atom is 0.250 e. The number of benzene rings is 1. The Morgan fingerprint density at radius 1 is 1.33 bits per heavy atom. The molecule has 0 unspecified atom stereocenters. The lowest BCUT2D eigenvalue weighted by molar-refractivity contribution is -0.111. The molecule has 1 aromatic carbocycles. The van der Waals surface area contributed by atoms with Gasteiger partial charge in [0.15, 0.2) is 5.13 Å². The summed E-state index contributed by atoms with van der Waals surface area (Å²) in [5, 5.41) is 3.56. The normalized spacial score (nSPS) is 14.6. The average Bonchev–Trinajstić information content (AvgIpc) is 2.94. The first-order chi connectivity index (χ1) is 11.5. The molecular weight excluding hydrogens is 320 g/mol. The molecular formula is C18H22N4OS. The van der Waals surface area contributed by atoms with Gasteiger partial charge in [0.1, 0.15) is 0 Å². The second kappa shape index (κ2) is 7.15. The average molecular weight is 342 g/mol. The summed E-state index contributed by atoms with van der Waals surface area (Å²) in [5.41, 5.74) is 3.25. The number of fused-ring (bicyclic) bond motifs is 1. The molecule has 0 atom stereocenters. The van der Waals surface area contributed by atoms with E-state index in [2.05, 4.69) is 22.2 Å². The van der Waals surface area contributed by atoms with E-state index in [0.29, 0.717) is 5.13 Å². The van der Waals surface area contributed by atoms with E-state index in [1.54, 1.807) is 17.4 Å². The van der Waals surface area contributed by atoms with E-state index in [9.17, 15) is 4.79 Å².